The number of amides is 1. The maximum absolute atomic E-state index is 9.59. The number of aliphatic hydroxyl groups excluding tert-OH is 2. The summed E-state index contributed by atoms with van der Waals surface area (Å²) < 4.78 is 0. The first-order valence-corrected chi connectivity index (χ1v) is 2.69. The maximum Gasteiger partial charge on any atom is 0.217 e. The van der Waals surface area contributed by atoms with Gasteiger partial charge in [0.15, 0.2) is 0 Å². The van der Waals surface area contributed by atoms with Crippen molar-refractivity contribution in [2.75, 3.05) is 13.2 Å². The number of nitrogens with two attached hydrogens (primary N) is 1. The molecule has 0 spiro atoms. The van der Waals surface area contributed by atoms with Gasteiger partial charge >= 0.3 is 0 Å². The molecule has 0 bridgehead atoms. The van der Waals surface area contributed by atoms with E-state index in [1.54, 1.807) is 6.92 Å². The van der Waals surface area contributed by atoms with Gasteiger partial charge in [0.2, 0.25) is 5.91 Å². The molecule has 0 rings (SSSR count). The Morgan fingerprint density at radius 2 is 1.67 bits per heavy atom. The van der Waals surface area contributed by atoms with Gasteiger partial charge in [0.25, 0.3) is 0 Å². The minimum Gasteiger partial charge on any atom is -0.394 e. The first-order chi connectivity index (χ1) is 4.18. The van der Waals surface area contributed by atoms with Gasteiger partial charge in [-0.3, -0.25) is 4.79 Å². The molecular weight excluding hydrogens is 122 g/mol. The van der Waals surface area contributed by atoms with Crippen LogP contribution in [0.1, 0.15) is 13.3 Å². The summed E-state index contributed by atoms with van der Waals surface area (Å²) in [5, 5.41) is 15.2. The number of rotatable bonds is 2. The van der Waals surface area contributed by atoms with Crippen molar-refractivity contribution >= 4 is 5.91 Å². The summed E-state index contributed by atoms with van der Waals surface area (Å²) in [7, 11) is 0. The van der Waals surface area contributed by atoms with Crippen molar-refractivity contribution in [3.63, 3.8) is 0 Å². The first-order valence-electron chi connectivity index (χ1n) is 2.69. The van der Waals surface area contributed by atoms with Crippen LogP contribution in [0.5, 0.6) is 0 Å². The second-order valence-corrected chi connectivity index (χ2v) is 1.27. The summed E-state index contributed by atoms with van der Waals surface area (Å²) in [5.74, 6) is -0.245. The zero-order valence-corrected chi connectivity index (χ0v) is 5.50. The SMILES string of the molecule is CCC(N)=O.OCCO. The number of primary amides is 1. The van der Waals surface area contributed by atoms with Crippen molar-refractivity contribution in [1.29, 1.82) is 0 Å². The van der Waals surface area contributed by atoms with Crippen LogP contribution in [0.2, 0.25) is 0 Å². The molecule has 0 fully saturated rings. The van der Waals surface area contributed by atoms with E-state index in [4.69, 9.17) is 10.2 Å². The van der Waals surface area contributed by atoms with E-state index in [2.05, 4.69) is 5.73 Å². The van der Waals surface area contributed by atoms with E-state index in [1.165, 1.54) is 0 Å². The van der Waals surface area contributed by atoms with Gasteiger partial charge in [0, 0.05) is 6.42 Å². The van der Waals surface area contributed by atoms with Crippen LogP contribution in [0.3, 0.4) is 0 Å². The minimum absolute atomic E-state index is 0.125. The Labute approximate surface area is 54.3 Å². The molecule has 0 saturated carbocycles. The average molecular weight is 135 g/mol. The molecule has 0 aliphatic heterocycles. The van der Waals surface area contributed by atoms with Crippen molar-refractivity contribution in [1.82, 2.24) is 0 Å². The highest BCUT2D eigenvalue weighted by Gasteiger charge is 1.77. The van der Waals surface area contributed by atoms with Crippen LogP contribution in [-0.4, -0.2) is 29.3 Å². The lowest BCUT2D eigenvalue weighted by molar-refractivity contribution is -0.117. The molecule has 4 heteroatoms. The van der Waals surface area contributed by atoms with Gasteiger partial charge < -0.3 is 15.9 Å². The molecule has 0 aromatic heterocycles. The van der Waals surface area contributed by atoms with Crippen LogP contribution in [0.25, 0.3) is 0 Å². The molecule has 0 unspecified atom stereocenters. The summed E-state index contributed by atoms with van der Waals surface area (Å²) in [6.07, 6.45) is 0.444. The van der Waals surface area contributed by atoms with Crippen LogP contribution >= 0.6 is 0 Å². The summed E-state index contributed by atoms with van der Waals surface area (Å²) in [5.41, 5.74) is 4.65. The van der Waals surface area contributed by atoms with E-state index in [9.17, 15) is 4.79 Å². The van der Waals surface area contributed by atoms with Crippen molar-refractivity contribution in [3.05, 3.63) is 0 Å². The molecule has 0 heterocycles. The van der Waals surface area contributed by atoms with Gasteiger partial charge in [-0.1, -0.05) is 6.92 Å². The topological polar surface area (TPSA) is 83.6 Å². The lowest BCUT2D eigenvalue weighted by atomic mass is 10.5. The third-order valence-corrected chi connectivity index (χ3v) is 0.448. The molecule has 1 amide bonds. The summed E-state index contributed by atoms with van der Waals surface area (Å²) >= 11 is 0. The smallest absolute Gasteiger partial charge is 0.217 e. The van der Waals surface area contributed by atoms with Crippen LogP contribution < -0.4 is 5.73 Å². The fourth-order valence-corrected chi connectivity index (χ4v) is 0. The predicted octanol–water partition coefficient (Wildman–Crippen LogP) is -1.15. The zero-order valence-electron chi connectivity index (χ0n) is 5.50. The van der Waals surface area contributed by atoms with Gasteiger partial charge in [-0.2, -0.15) is 0 Å². The second-order valence-electron chi connectivity index (χ2n) is 1.27. The number of aliphatic hydroxyl groups is 2. The second kappa shape index (κ2) is 10.4. The molecule has 9 heavy (non-hydrogen) atoms. The Kier molecular flexibility index (Phi) is 13.0. The van der Waals surface area contributed by atoms with E-state index >= 15 is 0 Å². The molecule has 0 aliphatic rings. The van der Waals surface area contributed by atoms with Crippen LogP contribution in [0.15, 0.2) is 0 Å². The number of carbonyl (C=O) groups is 1. The number of hydrogen-bond donors (Lipinski definition) is 3. The van der Waals surface area contributed by atoms with Crippen molar-refractivity contribution in [2.24, 2.45) is 5.73 Å². The molecule has 0 aromatic carbocycles. The van der Waals surface area contributed by atoms with E-state index in [0.717, 1.165) is 0 Å². The van der Waals surface area contributed by atoms with E-state index in [-0.39, 0.29) is 19.1 Å². The molecule has 4 nitrogen and oxygen atoms in total. The Balaban J connectivity index is 0. The summed E-state index contributed by atoms with van der Waals surface area (Å²) in [6, 6.07) is 0. The molecule has 0 aromatic rings. The minimum atomic E-state index is -0.245. The van der Waals surface area contributed by atoms with Crippen molar-refractivity contribution < 1.29 is 15.0 Å². The third kappa shape index (κ3) is 37.6. The molecule has 56 valence electrons. The average Bonchev–Trinajstić information content (AvgIpc) is 1.89. The van der Waals surface area contributed by atoms with E-state index < -0.39 is 0 Å². The van der Waals surface area contributed by atoms with Crippen molar-refractivity contribution in [3.8, 4) is 0 Å². The van der Waals surface area contributed by atoms with Gasteiger partial charge in [-0.25, -0.2) is 0 Å². The van der Waals surface area contributed by atoms with Gasteiger partial charge in [0.05, 0.1) is 13.2 Å². The van der Waals surface area contributed by atoms with Crippen LogP contribution in [0, 0.1) is 0 Å². The lowest BCUT2D eigenvalue weighted by Crippen LogP contribution is -2.06. The quantitative estimate of drug-likeness (QED) is 0.447. The fraction of sp³-hybridized carbons (Fsp3) is 0.800. The molecule has 0 atom stereocenters. The molecule has 0 saturated heterocycles. The Morgan fingerprint density at radius 1 is 1.44 bits per heavy atom. The monoisotopic (exact) mass is 135 g/mol. The van der Waals surface area contributed by atoms with Gasteiger partial charge in [0.1, 0.15) is 0 Å². The summed E-state index contributed by atoms with van der Waals surface area (Å²) in [4.78, 5) is 9.59. The van der Waals surface area contributed by atoms with Gasteiger partial charge in [-0.15, -0.1) is 0 Å². The standard InChI is InChI=1S/C3H7NO.C2H6O2/c1-2-3(4)5;3-1-2-4/h2H2,1H3,(H2,4,5);3-4H,1-2H2. The van der Waals surface area contributed by atoms with Crippen LogP contribution in [-0.2, 0) is 4.79 Å². The van der Waals surface area contributed by atoms with Gasteiger partial charge in [-0.05, 0) is 0 Å². The zero-order chi connectivity index (χ0) is 7.70. The van der Waals surface area contributed by atoms with E-state index in [1.807, 2.05) is 0 Å². The molecule has 0 aliphatic carbocycles. The Hall–Kier alpha value is -0.610. The number of hydrogen-bond acceptors (Lipinski definition) is 3. The highest BCUT2D eigenvalue weighted by Crippen LogP contribution is 1.63. The molecule has 0 radical (unpaired) electrons. The summed E-state index contributed by atoms with van der Waals surface area (Å²) in [6.45, 7) is 1.47. The number of carbonyl (C=O) groups excluding carboxylic acids is 1. The molecule has 4 N–H and O–H groups in total. The third-order valence-electron chi connectivity index (χ3n) is 0.448. The maximum atomic E-state index is 9.59. The Bertz CT molecular complexity index is 63.2. The molecular formula is C5H13NO3. The highest BCUT2D eigenvalue weighted by atomic mass is 16.3. The van der Waals surface area contributed by atoms with Crippen LogP contribution in [0.4, 0.5) is 0 Å². The van der Waals surface area contributed by atoms with Crippen molar-refractivity contribution in [2.45, 2.75) is 13.3 Å². The highest BCUT2D eigenvalue weighted by molar-refractivity contribution is 5.73. The predicted molar refractivity (Wildman–Crippen MR) is 33.7 cm³/mol. The largest absolute Gasteiger partial charge is 0.394 e. The lowest BCUT2D eigenvalue weighted by Gasteiger charge is -1.73. The normalized spacial score (nSPS) is 7.44. The fourth-order valence-electron chi connectivity index (χ4n) is 0. The first kappa shape index (κ1) is 11.2. The van der Waals surface area contributed by atoms with E-state index in [0.29, 0.717) is 6.42 Å². The Morgan fingerprint density at radius 3 is 1.67 bits per heavy atom.